The lowest BCUT2D eigenvalue weighted by Gasteiger charge is -2.10. The van der Waals surface area contributed by atoms with Gasteiger partial charge in [0.1, 0.15) is 17.1 Å². The van der Waals surface area contributed by atoms with Crippen LogP contribution in [0.15, 0.2) is 60.8 Å². The second kappa shape index (κ2) is 7.23. The molecule has 0 saturated heterocycles. The van der Waals surface area contributed by atoms with Crippen LogP contribution in [0, 0.1) is 0 Å². The van der Waals surface area contributed by atoms with E-state index in [9.17, 15) is 0 Å². The van der Waals surface area contributed by atoms with Crippen LogP contribution in [-0.4, -0.2) is 14.5 Å². The number of rotatable bonds is 5. The molecule has 3 N–H and O–H groups in total. The number of imidazole rings is 1. The van der Waals surface area contributed by atoms with Gasteiger partial charge in [0, 0.05) is 25.0 Å². The Bertz CT molecular complexity index is 1130. The summed E-state index contributed by atoms with van der Waals surface area (Å²) in [6, 6.07) is 17.7. The lowest BCUT2D eigenvalue weighted by molar-refractivity contribution is 0.487. The van der Waals surface area contributed by atoms with E-state index in [0.29, 0.717) is 23.2 Å². The number of nitrogens with two attached hydrogens (primary N) is 1. The maximum atomic E-state index is 6.02. The monoisotopic (exact) mass is 373 g/mol. The number of hydrogen-bond acceptors (Lipinski definition) is 5. The van der Waals surface area contributed by atoms with Crippen LogP contribution in [0.2, 0.25) is 0 Å². The Morgan fingerprint density at radius 3 is 2.68 bits per heavy atom. The first kappa shape index (κ1) is 17.9. The van der Waals surface area contributed by atoms with E-state index >= 15 is 0 Å². The Hall–Kier alpha value is -3.54. The molecule has 2 aromatic heterocycles. The molecule has 4 rings (SSSR count). The number of benzene rings is 2. The average Bonchev–Trinajstić information content (AvgIpc) is 2.99. The van der Waals surface area contributed by atoms with Crippen molar-refractivity contribution in [3.05, 3.63) is 66.4 Å². The standard InChI is InChI=1S/C22H23N5O/c1-14(2)15-6-4-7-16(12-15)25-22-26-21-18(27(22)3)8-5-9-19(21)28-17-10-11-24-20(23)13-17/h4-14H,1-3H3,(H2,23,24)(H,25,26). The van der Waals surface area contributed by atoms with E-state index in [1.54, 1.807) is 18.3 Å². The van der Waals surface area contributed by atoms with Crippen molar-refractivity contribution in [3.8, 4) is 11.5 Å². The predicted octanol–water partition coefficient (Wildman–Crippen LogP) is 5.21. The molecule has 0 fully saturated rings. The molecule has 6 heteroatoms. The van der Waals surface area contributed by atoms with Crippen molar-refractivity contribution >= 4 is 28.5 Å². The average molecular weight is 373 g/mol. The number of para-hydroxylation sites is 1. The summed E-state index contributed by atoms with van der Waals surface area (Å²) in [5, 5.41) is 3.42. The third-order valence-corrected chi connectivity index (χ3v) is 4.66. The Morgan fingerprint density at radius 2 is 1.89 bits per heavy atom. The molecule has 142 valence electrons. The van der Waals surface area contributed by atoms with Gasteiger partial charge in [-0.2, -0.15) is 0 Å². The second-order valence-electron chi connectivity index (χ2n) is 7.04. The molecule has 0 radical (unpaired) electrons. The molecule has 2 aromatic carbocycles. The van der Waals surface area contributed by atoms with Crippen LogP contribution in [0.5, 0.6) is 11.5 Å². The first-order chi connectivity index (χ1) is 13.5. The molecule has 0 bridgehead atoms. The summed E-state index contributed by atoms with van der Waals surface area (Å²) in [7, 11) is 1.98. The Morgan fingerprint density at radius 1 is 1.07 bits per heavy atom. The summed E-state index contributed by atoms with van der Waals surface area (Å²) in [6.07, 6.45) is 1.62. The van der Waals surface area contributed by atoms with Gasteiger partial charge in [-0.15, -0.1) is 0 Å². The van der Waals surface area contributed by atoms with Gasteiger partial charge >= 0.3 is 0 Å². The van der Waals surface area contributed by atoms with Crippen LogP contribution >= 0.6 is 0 Å². The summed E-state index contributed by atoms with van der Waals surface area (Å²) in [5.41, 5.74) is 9.80. The van der Waals surface area contributed by atoms with Crippen molar-refractivity contribution in [2.75, 3.05) is 11.1 Å². The van der Waals surface area contributed by atoms with E-state index in [2.05, 4.69) is 42.3 Å². The van der Waals surface area contributed by atoms with Gasteiger partial charge in [-0.3, -0.25) is 0 Å². The number of fused-ring (bicyclic) bond motifs is 1. The lowest BCUT2D eigenvalue weighted by Crippen LogP contribution is -1.99. The van der Waals surface area contributed by atoms with Gasteiger partial charge in [0.25, 0.3) is 0 Å². The third kappa shape index (κ3) is 3.49. The molecule has 4 aromatic rings. The highest BCUT2D eigenvalue weighted by Crippen LogP contribution is 2.32. The SMILES string of the molecule is CC(C)c1cccc(Nc2nc3c(Oc4ccnc(N)c4)cccc3n2C)c1. The topological polar surface area (TPSA) is 78.0 Å². The molecule has 0 amide bonds. The fourth-order valence-corrected chi connectivity index (χ4v) is 3.11. The van der Waals surface area contributed by atoms with Gasteiger partial charge in [0.2, 0.25) is 5.95 Å². The number of pyridine rings is 1. The zero-order valence-electron chi connectivity index (χ0n) is 16.2. The Kier molecular flexibility index (Phi) is 4.61. The molecular weight excluding hydrogens is 350 g/mol. The normalized spacial score (nSPS) is 11.1. The number of nitrogen functional groups attached to an aromatic ring is 1. The molecule has 0 atom stereocenters. The summed E-state index contributed by atoms with van der Waals surface area (Å²) in [5.74, 6) is 2.93. The van der Waals surface area contributed by atoms with Gasteiger partial charge in [-0.05, 0) is 41.8 Å². The zero-order valence-corrected chi connectivity index (χ0v) is 16.2. The zero-order chi connectivity index (χ0) is 19.7. The van der Waals surface area contributed by atoms with E-state index in [-0.39, 0.29) is 0 Å². The van der Waals surface area contributed by atoms with E-state index in [0.717, 1.165) is 22.7 Å². The minimum absolute atomic E-state index is 0.415. The van der Waals surface area contributed by atoms with Crippen molar-refractivity contribution in [2.45, 2.75) is 19.8 Å². The van der Waals surface area contributed by atoms with Gasteiger partial charge < -0.3 is 20.4 Å². The van der Waals surface area contributed by atoms with Gasteiger partial charge in [-0.1, -0.05) is 32.0 Å². The number of nitrogens with zero attached hydrogens (tertiary/aromatic N) is 3. The maximum absolute atomic E-state index is 6.02. The predicted molar refractivity (Wildman–Crippen MR) is 113 cm³/mol. The minimum Gasteiger partial charge on any atom is -0.455 e. The van der Waals surface area contributed by atoms with E-state index in [1.165, 1.54) is 5.56 Å². The van der Waals surface area contributed by atoms with Crippen molar-refractivity contribution in [3.63, 3.8) is 0 Å². The highest BCUT2D eigenvalue weighted by Gasteiger charge is 2.13. The van der Waals surface area contributed by atoms with Gasteiger partial charge in [0.15, 0.2) is 5.75 Å². The van der Waals surface area contributed by atoms with Crippen molar-refractivity contribution in [1.29, 1.82) is 0 Å². The fourth-order valence-electron chi connectivity index (χ4n) is 3.11. The highest BCUT2D eigenvalue weighted by molar-refractivity contribution is 5.85. The summed E-state index contributed by atoms with van der Waals surface area (Å²) >= 11 is 0. The van der Waals surface area contributed by atoms with Crippen LogP contribution in [0.3, 0.4) is 0 Å². The number of hydrogen-bond donors (Lipinski definition) is 2. The second-order valence-corrected chi connectivity index (χ2v) is 7.04. The number of aromatic nitrogens is 3. The largest absolute Gasteiger partial charge is 0.455 e. The summed E-state index contributed by atoms with van der Waals surface area (Å²) in [6.45, 7) is 4.37. The molecule has 6 nitrogen and oxygen atoms in total. The smallest absolute Gasteiger partial charge is 0.208 e. The fraction of sp³-hybridized carbons (Fsp3) is 0.182. The molecule has 0 spiro atoms. The van der Waals surface area contributed by atoms with Gasteiger partial charge in [0.05, 0.1) is 5.52 Å². The quantitative estimate of drug-likeness (QED) is 0.502. The van der Waals surface area contributed by atoms with Crippen molar-refractivity contribution in [2.24, 2.45) is 7.05 Å². The van der Waals surface area contributed by atoms with Gasteiger partial charge in [-0.25, -0.2) is 9.97 Å². The van der Waals surface area contributed by atoms with Crippen LogP contribution < -0.4 is 15.8 Å². The van der Waals surface area contributed by atoms with Crippen LogP contribution in [0.1, 0.15) is 25.3 Å². The molecule has 0 aliphatic rings. The number of anilines is 3. The Labute approximate surface area is 164 Å². The minimum atomic E-state index is 0.415. The summed E-state index contributed by atoms with van der Waals surface area (Å²) < 4.78 is 8.04. The Balaban J connectivity index is 1.69. The molecule has 0 aliphatic heterocycles. The van der Waals surface area contributed by atoms with Crippen molar-refractivity contribution in [1.82, 2.24) is 14.5 Å². The maximum Gasteiger partial charge on any atom is 0.208 e. The first-order valence-electron chi connectivity index (χ1n) is 9.23. The van der Waals surface area contributed by atoms with E-state index < -0.39 is 0 Å². The molecule has 0 saturated carbocycles. The molecule has 0 unspecified atom stereocenters. The van der Waals surface area contributed by atoms with Crippen LogP contribution in [0.25, 0.3) is 11.0 Å². The van der Waals surface area contributed by atoms with E-state index in [4.69, 9.17) is 15.5 Å². The third-order valence-electron chi connectivity index (χ3n) is 4.66. The molecule has 28 heavy (non-hydrogen) atoms. The first-order valence-corrected chi connectivity index (χ1v) is 9.23. The number of ether oxygens (including phenoxy) is 1. The summed E-state index contributed by atoms with van der Waals surface area (Å²) in [4.78, 5) is 8.78. The van der Waals surface area contributed by atoms with Crippen LogP contribution in [0.4, 0.5) is 17.5 Å². The van der Waals surface area contributed by atoms with Crippen molar-refractivity contribution < 1.29 is 4.74 Å². The van der Waals surface area contributed by atoms with E-state index in [1.807, 2.05) is 35.9 Å². The molecule has 2 heterocycles. The highest BCUT2D eigenvalue weighted by atomic mass is 16.5. The number of nitrogens with one attached hydrogen (secondary N) is 1. The molecule has 0 aliphatic carbocycles. The molecular formula is C22H23N5O. The lowest BCUT2D eigenvalue weighted by atomic mass is 10.0. The number of aryl methyl sites for hydroxylation is 1. The van der Waals surface area contributed by atoms with Crippen LogP contribution in [-0.2, 0) is 7.05 Å².